The third-order valence-electron chi connectivity index (χ3n) is 2.81. The lowest BCUT2D eigenvalue weighted by atomic mass is 10.2. The second-order valence-electron chi connectivity index (χ2n) is 4.25. The van der Waals surface area contributed by atoms with Crippen LogP contribution in [0.3, 0.4) is 0 Å². The quantitative estimate of drug-likeness (QED) is 0.674. The molecule has 2 aromatic rings. The van der Waals surface area contributed by atoms with E-state index in [0.717, 1.165) is 6.42 Å². The fourth-order valence-electron chi connectivity index (χ4n) is 1.97. The Morgan fingerprint density at radius 1 is 1.40 bits per heavy atom. The van der Waals surface area contributed by atoms with Crippen molar-refractivity contribution in [1.82, 2.24) is 14.8 Å². The number of aromatic nitrogens is 3. The topological polar surface area (TPSA) is 99.9 Å². The van der Waals surface area contributed by atoms with Gasteiger partial charge in [0.25, 0.3) is 5.69 Å². The molecule has 0 saturated carbocycles. The van der Waals surface area contributed by atoms with E-state index in [1.165, 1.54) is 12.1 Å². The minimum atomic E-state index is -0.486. The predicted molar refractivity (Wildman–Crippen MR) is 75.3 cm³/mol. The van der Waals surface area contributed by atoms with Crippen LogP contribution >= 0.6 is 11.6 Å². The largest absolute Gasteiger partial charge is 0.324 e. The highest BCUT2D eigenvalue weighted by Crippen LogP contribution is 2.28. The second-order valence-corrected chi connectivity index (χ2v) is 4.69. The molecule has 0 aliphatic rings. The minimum Gasteiger partial charge on any atom is -0.324 e. The highest BCUT2D eigenvalue weighted by Gasteiger charge is 2.16. The second kappa shape index (κ2) is 5.98. The van der Waals surface area contributed by atoms with Gasteiger partial charge in [-0.3, -0.25) is 10.1 Å². The lowest BCUT2D eigenvalue weighted by Crippen LogP contribution is -2.09. The van der Waals surface area contributed by atoms with Crippen molar-refractivity contribution >= 4 is 17.3 Å². The zero-order chi connectivity index (χ0) is 14.7. The zero-order valence-corrected chi connectivity index (χ0v) is 11.7. The first-order valence-corrected chi connectivity index (χ1v) is 6.52. The third-order valence-corrected chi connectivity index (χ3v) is 3.03. The lowest BCUT2D eigenvalue weighted by Gasteiger charge is -2.08. The number of hydrogen-bond donors (Lipinski definition) is 1. The maximum absolute atomic E-state index is 10.9. The molecule has 1 aromatic heterocycles. The van der Waals surface area contributed by atoms with Crippen LogP contribution in [-0.2, 0) is 13.1 Å². The molecule has 0 radical (unpaired) electrons. The summed E-state index contributed by atoms with van der Waals surface area (Å²) in [5.74, 6) is 1.18. The Labute approximate surface area is 120 Å². The van der Waals surface area contributed by atoms with Crippen molar-refractivity contribution in [1.29, 1.82) is 0 Å². The number of benzene rings is 1. The van der Waals surface area contributed by atoms with Crippen molar-refractivity contribution in [2.75, 3.05) is 0 Å². The van der Waals surface area contributed by atoms with E-state index in [9.17, 15) is 10.1 Å². The molecule has 106 valence electrons. The average Bonchev–Trinajstić information content (AvgIpc) is 2.81. The van der Waals surface area contributed by atoms with Gasteiger partial charge in [-0.1, -0.05) is 18.5 Å². The molecule has 0 aliphatic heterocycles. The van der Waals surface area contributed by atoms with Crippen molar-refractivity contribution < 1.29 is 4.92 Å². The van der Waals surface area contributed by atoms with Gasteiger partial charge >= 0.3 is 0 Å². The summed E-state index contributed by atoms with van der Waals surface area (Å²) in [5, 5.41) is 19.3. The molecular weight excluding hydrogens is 282 g/mol. The van der Waals surface area contributed by atoms with Crippen molar-refractivity contribution in [2.24, 2.45) is 5.73 Å². The molecule has 1 aromatic carbocycles. The van der Waals surface area contributed by atoms with Gasteiger partial charge in [0.1, 0.15) is 5.82 Å². The first kappa shape index (κ1) is 14.4. The maximum Gasteiger partial charge on any atom is 0.271 e. The summed E-state index contributed by atoms with van der Waals surface area (Å²) in [7, 11) is 0. The van der Waals surface area contributed by atoms with Crippen molar-refractivity contribution in [3.8, 4) is 11.4 Å². The van der Waals surface area contributed by atoms with Crippen LogP contribution in [0.2, 0.25) is 5.02 Å². The van der Waals surface area contributed by atoms with E-state index in [0.29, 0.717) is 23.8 Å². The monoisotopic (exact) mass is 295 g/mol. The van der Waals surface area contributed by atoms with Crippen LogP contribution in [0.15, 0.2) is 18.2 Å². The molecule has 0 unspecified atom stereocenters. The van der Waals surface area contributed by atoms with E-state index in [1.807, 2.05) is 11.5 Å². The van der Waals surface area contributed by atoms with Crippen molar-refractivity contribution in [2.45, 2.75) is 26.4 Å². The van der Waals surface area contributed by atoms with Gasteiger partial charge in [0.05, 0.1) is 11.5 Å². The highest BCUT2D eigenvalue weighted by molar-refractivity contribution is 6.31. The predicted octanol–water partition coefficient (Wildman–Crippen LogP) is 2.38. The van der Waals surface area contributed by atoms with Gasteiger partial charge in [-0.05, 0) is 12.5 Å². The molecule has 2 rings (SSSR count). The molecule has 0 fully saturated rings. The van der Waals surface area contributed by atoms with Gasteiger partial charge in [-0.15, -0.1) is 10.2 Å². The number of nitro groups is 1. The Kier molecular flexibility index (Phi) is 4.31. The SMILES string of the molecule is CCCn1c(CN)nnc1-c1cc(Cl)cc([N+](=O)[O-])c1. The van der Waals surface area contributed by atoms with Gasteiger partial charge in [0.15, 0.2) is 5.82 Å². The number of non-ortho nitro benzene ring substituents is 1. The number of nitrogens with two attached hydrogens (primary N) is 1. The number of hydrogen-bond acceptors (Lipinski definition) is 5. The normalized spacial score (nSPS) is 10.8. The highest BCUT2D eigenvalue weighted by atomic mass is 35.5. The van der Waals surface area contributed by atoms with Crippen molar-refractivity contribution in [3.05, 3.63) is 39.2 Å². The van der Waals surface area contributed by atoms with Crippen LogP contribution in [0.25, 0.3) is 11.4 Å². The minimum absolute atomic E-state index is 0.0761. The first-order chi connectivity index (χ1) is 9.56. The molecule has 0 spiro atoms. The van der Waals surface area contributed by atoms with Gasteiger partial charge in [-0.25, -0.2) is 0 Å². The first-order valence-electron chi connectivity index (χ1n) is 6.14. The number of nitro benzene ring substituents is 1. The van der Waals surface area contributed by atoms with Gasteiger partial charge in [0, 0.05) is 29.3 Å². The van der Waals surface area contributed by atoms with Gasteiger partial charge < -0.3 is 10.3 Å². The van der Waals surface area contributed by atoms with Gasteiger partial charge in [-0.2, -0.15) is 0 Å². The molecule has 0 amide bonds. The number of rotatable bonds is 5. The summed E-state index contributed by atoms with van der Waals surface area (Å²) in [6.45, 7) is 2.97. The van der Waals surface area contributed by atoms with E-state index < -0.39 is 4.92 Å². The Balaban J connectivity index is 2.56. The smallest absolute Gasteiger partial charge is 0.271 e. The maximum atomic E-state index is 10.9. The Morgan fingerprint density at radius 3 is 2.75 bits per heavy atom. The standard InChI is InChI=1S/C12H14ClN5O2/c1-2-3-17-11(7-14)15-16-12(17)8-4-9(13)6-10(5-8)18(19)20/h4-6H,2-3,7,14H2,1H3. The lowest BCUT2D eigenvalue weighted by molar-refractivity contribution is -0.384. The van der Waals surface area contributed by atoms with Crippen LogP contribution in [0.1, 0.15) is 19.2 Å². The number of halogens is 1. The summed E-state index contributed by atoms with van der Waals surface area (Å²) >= 11 is 5.93. The Morgan fingerprint density at radius 2 is 2.15 bits per heavy atom. The van der Waals surface area contributed by atoms with Crippen LogP contribution in [0, 0.1) is 10.1 Å². The van der Waals surface area contributed by atoms with E-state index in [1.54, 1.807) is 6.07 Å². The van der Waals surface area contributed by atoms with E-state index in [2.05, 4.69) is 10.2 Å². The van der Waals surface area contributed by atoms with Crippen LogP contribution in [-0.4, -0.2) is 19.7 Å². The average molecular weight is 296 g/mol. The summed E-state index contributed by atoms with van der Waals surface area (Å²) in [6, 6.07) is 4.36. The molecule has 20 heavy (non-hydrogen) atoms. The third kappa shape index (κ3) is 2.78. The molecule has 0 aliphatic carbocycles. The van der Waals surface area contributed by atoms with E-state index in [-0.39, 0.29) is 17.3 Å². The fourth-order valence-corrected chi connectivity index (χ4v) is 2.20. The summed E-state index contributed by atoms with van der Waals surface area (Å²) in [4.78, 5) is 10.4. The molecule has 1 heterocycles. The summed E-state index contributed by atoms with van der Waals surface area (Å²) in [5.41, 5.74) is 6.11. The van der Waals surface area contributed by atoms with Crippen LogP contribution in [0.5, 0.6) is 0 Å². The Bertz CT molecular complexity index is 641. The molecule has 0 bridgehead atoms. The van der Waals surface area contributed by atoms with Crippen LogP contribution < -0.4 is 5.73 Å². The molecule has 2 N–H and O–H groups in total. The van der Waals surface area contributed by atoms with Gasteiger partial charge in [0.2, 0.25) is 0 Å². The van der Waals surface area contributed by atoms with E-state index >= 15 is 0 Å². The molecule has 0 atom stereocenters. The molecule has 8 heteroatoms. The van der Waals surface area contributed by atoms with Crippen LogP contribution in [0.4, 0.5) is 5.69 Å². The molecule has 7 nitrogen and oxygen atoms in total. The summed E-state index contributed by atoms with van der Waals surface area (Å²) in [6.07, 6.45) is 0.876. The number of nitrogens with zero attached hydrogens (tertiary/aromatic N) is 4. The fraction of sp³-hybridized carbons (Fsp3) is 0.333. The summed E-state index contributed by atoms with van der Waals surface area (Å²) < 4.78 is 1.86. The Hall–Kier alpha value is -1.99. The van der Waals surface area contributed by atoms with Crippen molar-refractivity contribution in [3.63, 3.8) is 0 Å². The van der Waals surface area contributed by atoms with E-state index in [4.69, 9.17) is 17.3 Å². The molecular formula is C12H14ClN5O2. The zero-order valence-electron chi connectivity index (χ0n) is 10.9. The molecule has 0 saturated heterocycles.